The summed E-state index contributed by atoms with van der Waals surface area (Å²) < 4.78 is 28.7. The summed E-state index contributed by atoms with van der Waals surface area (Å²) in [6.07, 6.45) is 3.48. The van der Waals surface area contributed by atoms with E-state index < -0.39 is 10.0 Å². The van der Waals surface area contributed by atoms with Gasteiger partial charge in [0.25, 0.3) is 5.91 Å². The van der Waals surface area contributed by atoms with Gasteiger partial charge in [0.2, 0.25) is 10.0 Å². The minimum atomic E-state index is -3.78. The van der Waals surface area contributed by atoms with Crippen LogP contribution in [0.25, 0.3) is 0 Å². The van der Waals surface area contributed by atoms with Gasteiger partial charge in [-0.15, -0.1) is 0 Å². The Hall–Kier alpha value is -2.38. The lowest BCUT2D eigenvalue weighted by atomic mass is 9.68. The normalized spacial score (nSPS) is 28.0. The lowest BCUT2D eigenvalue weighted by molar-refractivity contribution is 0.0737. The molecule has 1 aliphatic heterocycles. The minimum absolute atomic E-state index is 0.0316. The third-order valence-electron chi connectivity index (χ3n) is 8.49. The molecule has 1 unspecified atom stereocenters. The average Bonchev–Trinajstić information content (AvgIpc) is 3.45. The van der Waals surface area contributed by atoms with Crippen molar-refractivity contribution in [3.63, 3.8) is 0 Å². The Bertz CT molecular complexity index is 1190. The van der Waals surface area contributed by atoms with Gasteiger partial charge < -0.3 is 10.6 Å². The topological polar surface area (TPSA) is 78.5 Å². The fourth-order valence-corrected chi connectivity index (χ4v) is 8.19. The fourth-order valence-electron chi connectivity index (χ4n) is 6.57. The molecule has 33 heavy (non-hydrogen) atoms. The maximum absolute atomic E-state index is 13.6. The Morgan fingerprint density at radius 1 is 1.06 bits per heavy atom. The van der Waals surface area contributed by atoms with E-state index in [-0.39, 0.29) is 27.7 Å². The minimum Gasteiger partial charge on any atom is -0.387 e. The van der Waals surface area contributed by atoms with Gasteiger partial charge in [0.05, 0.1) is 5.69 Å². The SMILES string of the molecule is CNc1ccc(C(=O)NC2C(C)(C)[C@H]3CC[C@@]2(C)C3)cc1S(=O)(=O)N1Cc2ccccc2C1. The molecule has 3 atom stereocenters. The number of rotatable bonds is 5. The molecular formula is C26H33N3O3S. The summed E-state index contributed by atoms with van der Waals surface area (Å²) >= 11 is 0. The summed E-state index contributed by atoms with van der Waals surface area (Å²) in [5.74, 6) is 0.415. The number of hydrogen-bond donors (Lipinski definition) is 2. The van der Waals surface area contributed by atoms with E-state index in [1.165, 1.54) is 16.8 Å². The highest BCUT2D eigenvalue weighted by atomic mass is 32.2. The third kappa shape index (κ3) is 3.48. The molecule has 0 aromatic heterocycles. The van der Waals surface area contributed by atoms with E-state index in [0.29, 0.717) is 30.3 Å². The summed E-state index contributed by atoms with van der Waals surface area (Å²) in [4.78, 5) is 13.5. The van der Waals surface area contributed by atoms with Crippen molar-refractivity contribution in [3.05, 3.63) is 59.2 Å². The summed E-state index contributed by atoms with van der Waals surface area (Å²) in [6.45, 7) is 7.45. The molecule has 0 spiro atoms. The first-order chi connectivity index (χ1) is 15.6. The van der Waals surface area contributed by atoms with Gasteiger partial charge in [0, 0.05) is 31.7 Å². The van der Waals surface area contributed by atoms with Crippen molar-refractivity contribution in [2.45, 2.75) is 64.1 Å². The predicted molar refractivity (Wildman–Crippen MR) is 129 cm³/mol. The third-order valence-corrected chi connectivity index (χ3v) is 10.3. The number of benzene rings is 2. The van der Waals surface area contributed by atoms with E-state index >= 15 is 0 Å². The Morgan fingerprint density at radius 2 is 1.73 bits per heavy atom. The van der Waals surface area contributed by atoms with Crippen LogP contribution in [-0.2, 0) is 23.1 Å². The van der Waals surface area contributed by atoms with Crippen molar-refractivity contribution >= 4 is 21.6 Å². The Labute approximate surface area is 196 Å². The first-order valence-electron chi connectivity index (χ1n) is 11.8. The lowest BCUT2D eigenvalue weighted by Crippen LogP contribution is -2.52. The van der Waals surface area contributed by atoms with Crippen LogP contribution in [-0.4, -0.2) is 31.7 Å². The quantitative estimate of drug-likeness (QED) is 0.684. The number of fused-ring (bicyclic) bond motifs is 3. The van der Waals surface area contributed by atoms with Crippen LogP contribution in [0.5, 0.6) is 0 Å². The van der Waals surface area contributed by atoms with Gasteiger partial charge in [-0.05, 0) is 65.3 Å². The second-order valence-corrected chi connectivity index (χ2v) is 12.7. The molecule has 2 aromatic rings. The van der Waals surface area contributed by atoms with Crippen molar-refractivity contribution in [2.24, 2.45) is 16.7 Å². The second kappa shape index (κ2) is 7.57. The van der Waals surface area contributed by atoms with Crippen LogP contribution >= 0.6 is 0 Å². The first kappa shape index (κ1) is 22.4. The first-order valence-corrected chi connectivity index (χ1v) is 13.2. The van der Waals surface area contributed by atoms with Crippen LogP contribution in [0.3, 0.4) is 0 Å². The Balaban J connectivity index is 1.44. The monoisotopic (exact) mass is 467 g/mol. The highest BCUT2D eigenvalue weighted by Gasteiger charge is 2.59. The zero-order valence-electron chi connectivity index (χ0n) is 19.8. The van der Waals surface area contributed by atoms with Gasteiger partial charge in [-0.2, -0.15) is 4.31 Å². The predicted octanol–water partition coefficient (Wildman–Crippen LogP) is 4.38. The summed E-state index contributed by atoms with van der Waals surface area (Å²) in [5, 5.41) is 6.28. The van der Waals surface area contributed by atoms with Gasteiger partial charge in [-0.1, -0.05) is 45.0 Å². The summed E-state index contributed by atoms with van der Waals surface area (Å²) in [5.41, 5.74) is 3.05. The number of carbonyl (C=O) groups excluding carboxylic acids is 1. The molecule has 5 rings (SSSR count). The molecular weight excluding hydrogens is 434 g/mol. The lowest BCUT2D eigenvalue weighted by Gasteiger charge is -2.43. The maximum Gasteiger partial charge on any atom is 0.251 e. The standard InChI is InChI=1S/C26H33N3O3S/c1-25(2)20-11-12-26(3,14-20)24(25)28-23(30)17-9-10-21(27-4)22(13-17)33(31,32)29-15-18-7-5-6-8-19(18)16-29/h5-10,13,20,24,27H,11-12,14-16H2,1-4H3,(H,28,30)/t20-,24?,26-/m0/s1. The molecule has 6 nitrogen and oxygen atoms in total. The molecule has 1 amide bonds. The molecule has 2 N–H and O–H groups in total. The van der Waals surface area contributed by atoms with Crippen LogP contribution in [0.15, 0.2) is 47.4 Å². The molecule has 2 aliphatic carbocycles. The number of carbonyl (C=O) groups is 1. The van der Waals surface area contributed by atoms with Crippen molar-refractivity contribution in [2.75, 3.05) is 12.4 Å². The van der Waals surface area contributed by atoms with Crippen LogP contribution in [0.1, 0.15) is 61.5 Å². The van der Waals surface area contributed by atoms with E-state index in [9.17, 15) is 13.2 Å². The number of nitrogens with one attached hydrogen (secondary N) is 2. The van der Waals surface area contributed by atoms with Crippen molar-refractivity contribution in [1.82, 2.24) is 9.62 Å². The molecule has 0 radical (unpaired) electrons. The molecule has 2 fully saturated rings. The van der Waals surface area contributed by atoms with Gasteiger partial charge in [-0.25, -0.2) is 8.42 Å². The van der Waals surface area contributed by atoms with Crippen LogP contribution < -0.4 is 10.6 Å². The number of sulfonamides is 1. The van der Waals surface area contributed by atoms with E-state index in [0.717, 1.165) is 24.0 Å². The maximum atomic E-state index is 13.6. The highest BCUT2D eigenvalue weighted by Crippen LogP contribution is 2.62. The Morgan fingerprint density at radius 3 is 2.30 bits per heavy atom. The van der Waals surface area contributed by atoms with Gasteiger partial charge in [0.15, 0.2) is 0 Å². The molecule has 176 valence electrons. The number of amides is 1. The van der Waals surface area contributed by atoms with E-state index in [2.05, 4.69) is 31.4 Å². The molecule has 3 aliphatic rings. The zero-order chi connectivity index (χ0) is 23.6. The number of hydrogen-bond acceptors (Lipinski definition) is 4. The van der Waals surface area contributed by atoms with Gasteiger partial charge in [0.1, 0.15) is 4.90 Å². The molecule has 0 saturated heterocycles. The van der Waals surface area contributed by atoms with Crippen molar-refractivity contribution < 1.29 is 13.2 Å². The molecule has 2 bridgehead atoms. The molecule has 2 saturated carbocycles. The van der Waals surface area contributed by atoms with Gasteiger partial charge >= 0.3 is 0 Å². The average molecular weight is 468 g/mol. The highest BCUT2D eigenvalue weighted by molar-refractivity contribution is 7.89. The van der Waals surface area contributed by atoms with Gasteiger partial charge in [-0.3, -0.25) is 4.79 Å². The largest absolute Gasteiger partial charge is 0.387 e. The number of nitrogens with zero attached hydrogens (tertiary/aromatic N) is 1. The molecule has 7 heteroatoms. The molecule has 1 heterocycles. The van der Waals surface area contributed by atoms with Crippen molar-refractivity contribution in [1.29, 1.82) is 0 Å². The second-order valence-electron chi connectivity index (χ2n) is 10.8. The smallest absolute Gasteiger partial charge is 0.251 e. The Kier molecular flexibility index (Phi) is 5.14. The van der Waals surface area contributed by atoms with E-state index in [4.69, 9.17) is 0 Å². The summed E-state index contributed by atoms with van der Waals surface area (Å²) in [6, 6.07) is 12.8. The summed E-state index contributed by atoms with van der Waals surface area (Å²) in [7, 11) is -2.09. The van der Waals surface area contributed by atoms with Crippen LogP contribution in [0.2, 0.25) is 0 Å². The number of anilines is 1. The zero-order valence-corrected chi connectivity index (χ0v) is 20.6. The fraction of sp³-hybridized carbons (Fsp3) is 0.500. The van der Waals surface area contributed by atoms with Crippen molar-refractivity contribution in [3.8, 4) is 0 Å². The van der Waals surface area contributed by atoms with E-state index in [1.54, 1.807) is 19.2 Å². The van der Waals surface area contributed by atoms with E-state index in [1.807, 2.05) is 24.3 Å². The van der Waals surface area contributed by atoms with Crippen LogP contribution in [0, 0.1) is 16.7 Å². The van der Waals surface area contributed by atoms with Crippen LogP contribution in [0.4, 0.5) is 5.69 Å². The molecule has 2 aromatic carbocycles.